The van der Waals surface area contributed by atoms with E-state index in [1.807, 2.05) is 0 Å². The lowest BCUT2D eigenvalue weighted by atomic mass is 9.89. The normalized spacial score (nSPS) is 23.0. The largest absolute Gasteiger partial charge is 0.481 e. The van der Waals surface area contributed by atoms with Crippen LogP contribution in [-0.2, 0) is 19.2 Å². The fourth-order valence-corrected chi connectivity index (χ4v) is 2.59. The predicted octanol–water partition coefficient (Wildman–Crippen LogP) is 1.76. The zero-order valence-electron chi connectivity index (χ0n) is 13.0. The fraction of sp³-hybridized carbons (Fsp3) is 0.500. The van der Waals surface area contributed by atoms with Crippen LogP contribution >= 0.6 is 0 Å². The molecule has 0 saturated carbocycles. The third-order valence-corrected chi connectivity index (χ3v) is 3.95. The number of aliphatic carboxylic acids is 4. The van der Waals surface area contributed by atoms with Gasteiger partial charge in [-0.15, -0.1) is 0 Å². The molecule has 0 amide bonds. The fourth-order valence-electron chi connectivity index (χ4n) is 2.59. The van der Waals surface area contributed by atoms with Gasteiger partial charge in [-0.3, -0.25) is 9.59 Å². The average Bonchev–Trinajstić information content (AvgIpc) is 2.55. The Balaban J connectivity index is 0.000000240. The topological polar surface area (TPSA) is 149 Å². The minimum Gasteiger partial charge on any atom is -0.481 e. The summed E-state index contributed by atoms with van der Waals surface area (Å²) in [4.78, 5) is 41.9. The van der Waals surface area contributed by atoms with Gasteiger partial charge in [-0.25, -0.2) is 9.59 Å². The monoisotopic (exact) mass is 340 g/mol. The summed E-state index contributed by atoms with van der Waals surface area (Å²) in [5.41, 5.74) is 0.460. The summed E-state index contributed by atoms with van der Waals surface area (Å²) >= 11 is 0. The van der Waals surface area contributed by atoms with Gasteiger partial charge in [-0.1, -0.05) is 12.2 Å². The molecule has 4 N–H and O–H groups in total. The number of allylic oxidation sites excluding steroid dienone is 1. The minimum atomic E-state index is -0.999. The van der Waals surface area contributed by atoms with Gasteiger partial charge in [0, 0.05) is 11.1 Å². The maximum absolute atomic E-state index is 10.5. The van der Waals surface area contributed by atoms with Crippen LogP contribution in [0.1, 0.15) is 38.5 Å². The first-order valence-electron chi connectivity index (χ1n) is 7.54. The zero-order valence-corrected chi connectivity index (χ0v) is 13.0. The molecule has 8 nitrogen and oxygen atoms in total. The molecule has 2 aliphatic carbocycles. The second-order valence-corrected chi connectivity index (χ2v) is 5.69. The molecule has 8 heteroatoms. The van der Waals surface area contributed by atoms with E-state index in [4.69, 9.17) is 20.4 Å². The second kappa shape index (κ2) is 8.85. The highest BCUT2D eigenvalue weighted by Crippen LogP contribution is 2.24. The number of rotatable bonds is 4. The molecule has 0 bridgehead atoms. The van der Waals surface area contributed by atoms with Gasteiger partial charge in [0.15, 0.2) is 0 Å². The Morgan fingerprint density at radius 2 is 1.50 bits per heavy atom. The van der Waals surface area contributed by atoms with E-state index in [0.29, 0.717) is 32.1 Å². The molecule has 0 aromatic carbocycles. The molecule has 24 heavy (non-hydrogen) atoms. The summed E-state index contributed by atoms with van der Waals surface area (Å²) in [5.74, 6) is -4.96. The van der Waals surface area contributed by atoms with Gasteiger partial charge in [0.25, 0.3) is 0 Å². The molecule has 0 saturated heterocycles. The zero-order chi connectivity index (χ0) is 18.3. The van der Waals surface area contributed by atoms with Crippen LogP contribution in [0.2, 0.25) is 0 Å². The van der Waals surface area contributed by atoms with E-state index in [-0.39, 0.29) is 17.6 Å². The Kier molecular flexibility index (Phi) is 7.16. The molecule has 2 unspecified atom stereocenters. The maximum atomic E-state index is 10.5. The maximum Gasteiger partial charge on any atom is 0.331 e. The lowest BCUT2D eigenvalue weighted by Crippen LogP contribution is -2.19. The molecule has 2 aliphatic rings. The number of hydrogen-bond donors (Lipinski definition) is 4. The molecule has 0 aliphatic heterocycles. The van der Waals surface area contributed by atoms with Crippen LogP contribution in [0.4, 0.5) is 0 Å². The number of carboxylic acids is 4. The van der Waals surface area contributed by atoms with E-state index in [9.17, 15) is 19.2 Å². The molecular formula is C16H20O8. The number of hydrogen-bond acceptors (Lipinski definition) is 4. The standard InChI is InChI=1S/2C8H10O4/c2*9-7(10)5-2-1-3-6(4-5)8(11)12/h4-5H,1-3H2,(H,9,10)(H,11,12);2,6H,1,3-4H2,(H,9,10)(H,11,12). The number of carboxylic acid groups (broad SMARTS) is 4. The van der Waals surface area contributed by atoms with Crippen molar-refractivity contribution in [2.45, 2.75) is 38.5 Å². The Morgan fingerprint density at radius 3 is 2.00 bits per heavy atom. The summed E-state index contributed by atoms with van der Waals surface area (Å²) in [6.07, 6.45) is 5.88. The Bertz CT molecular complexity index is 587. The average molecular weight is 340 g/mol. The van der Waals surface area contributed by atoms with Gasteiger partial charge in [0.2, 0.25) is 0 Å². The van der Waals surface area contributed by atoms with Crippen molar-refractivity contribution in [2.24, 2.45) is 11.8 Å². The van der Waals surface area contributed by atoms with Crippen molar-refractivity contribution in [3.63, 3.8) is 0 Å². The summed E-state index contributed by atoms with van der Waals surface area (Å²) in [6, 6.07) is 0. The molecule has 0 aromatic heterocycles. The lowest BCUT2D eigenvalue weighted by molar-refractivity contribution is -0.143. The van der Waals surface area contributed by atoms with Gasteiger partial charge in [-0.2, -0.15) is 0 Å². The molecule has 2 rings (SSSR count). The van der Waals surface area contributed by atoms with Crippen molar-refractivity contribution in [1.29, 1.82) is 0 Å². The second-order valence-electron chi connectivity index (χ2n) is 5.69. The minimum absolute atomic E-state index is 0.157. The molecule has 0 aromatic rings. The Labute approximate surface area is 138 Å². The first-order valence-corrected chi connectivity index (χ1v) is 7.54. The highest BCUT2D eigenvalue weighted by Gasteiger charge is 2.24. The van der Waals surface area contributed by atoms with Crippen LogP contribution in [0.25, 0.3) is 0 Å². The Morgan fingerprint density at radius 1 is 0.875 bits per heavy atom. The van der Waals surface area contributed by atoms with Gasteiger partial charge in [-0.05, 0) is 38.5 Å². The van der Waals surface area contributed by atoms with Crippen LogP contribution in [-0.4, -0.2) is 44.3 Å². The van der Waals surface area contributed by atoms with Crippen molar-refractivity contribution in [3.8, 4) is 0 Å². The van der Waals surface area contributed by atoms with E-state index in [2.05, 4.69) is 0 Å². The highest BCUT2D eigenvalue weighted by atomic mass is 16.4. The van der Waals surface area contributed by atoms with Gasteiger partial charge < -0.3 is 20.4 Å². The van der Waals surface area contributed by atoms with Crippen LogP contribution in [0.5, 0.6) is 0 Å². The third-order valence-electron chi connectivity index (χ3n) is 3.95. The van der Waals surface area contributed by atoms with Crippen molar-refractivity contribution < 1.29 is 39.6 Å². The molecule has 0 heterocycles. The summed E-state index contributed by atoms with van der Waals surface area (Å²) in [5, 5.41) is 34.4. The molecular weight excluding hydrogens is 320 g/mol. The van der Waals surface area contributed by atoms with Crippen LogP contribution in [0, 0.1) is 11.8 Å². The van der Waals surface area contributed by atoms with Crippen molar-refractivity contribution >= 4 is 23.9 Å². The third kappa shape index (κ3) is 5.86. The van der Waals surface area contributed by atoms with E-state index < -0.39 is 35.7 Å². The van der Waals surface area contributed by atoms with E-state index in [1.54, 1.807) is 6.08 Å². The SMILES string of the molecule is O=C(O)C1=CC(C(=O)O)CCC1.O=C(O)C1=CCCC(C(=O)O)C1. The molecule has 0 fully saturated rings. The predicted molar refractivity (Wildman–Crippen MR) is 81.4 cm³/mol. The van der Waals surface area contributed by atoms with Crippen LogP contribution in [0.15, 0.2) is 23.3 Å². The van der Waals surface area contributed by atoms with E-state index >= 15 is 0 Å². The summed E-state index contributed by atoms with van der Waals surface area (Å²) in [6.45, 7) is 0. The molecule has 2 atom stereocenters. The molecule has 132 valence electrons. The summed E-state index contributed by atoms with van der Waals surface area (Å²) in [7, 11) is 0. The first-order chi connectivity index (χ1) is 11.2. The molecule has 0 radical (unpaired) electrons. The van der Waals surface area contributed by atoms with Crippen molar-refractivity contribution in [3.05, 3.63) is 23.3 Å². The van der Waals surface area contributed by atoms with Gasteiger partial charge >= 0.3 is 23.9 Å². The van der Waals surface area contributed by atoms with Crippen LogP contribution < -0.4 is 0 Å². The van der Waals surface area contributed by atoms with Crippen molar-refractivity contribution in [1.82, 2.24) is 0 Å². The Hall–Kier alpha value is -2.64. The van der Waals surface area contributed by atoms with Crippen molar-refractivity contribution in [2.75, 3.05) is 0 Å². The lowest BCUT2D eigenvalue weighted by Gasteiger charge is -2.16. The smallest absolute Gasteiger partial charge is 0.331 e. The van der Waals surface area contributed by atoms with E-state index in [1.165, 1.54) is 6.08 Å². The quantitative estimate of drug-likeness (QED) is 0.605. The first kappa shape index (κ1) is 19.4. The van der Waals surface area contributed by atoms with Crippen LogP contribution in [0.3, 0.4) is 0 Å². The summed E-state index contributed by atoms with van der Waals surface area (Å²) < 4.78 is 0. The van der Waals surface area contributed by atoms with E-state index in [0.717, 1.165) is 0 Å². The highest BCUT2D eigenvalue weighted by molar-refractivity contribution is 5.88. The van der Waals surface area contributed by atoms with Gasteiger partial charge in [0.05, 0.1) is 11.8 Å². The molecule has 0 spiro atoms. The number of carbonyl (C=O) groups is 4. The van der Waals surface area contributed by atoms with Gasteiger partial charge in [0.1, 0.15) is 0 Å².